The Balaban J connectivity index is 1.84. The van der Waals surface area contributed by atoms with Gasteiger partial charge in [0.2, 0.25) is 0 Å². The molecule has 0 spiro atoms. The zero-order chi connectivity index (χ0) is 20.0. The molecule has 3 saturated carbocycles. The monoisotopic (exact) mass is 372 g/mol. The molecule has 0 amide bonds. The number of carbonyl (C=O) groups excluding carboxylic acids is 1. The van der Waals surface area contributed by atoms with Crippen molar-refractivity contribution < 1.29 is 15.0 Å². The third-order valence-corrected chi connectivity index (χ3v) is 7.58. The fourth-order valence-electron chi connectivity index (χ4n) is 5.52. The van der Waals surface area contributed by atoms with Crippen molar-refractivity contribution in [2.75, 3.05) is 0 Å². The number of hydrogen-bond donors (Lipinski definition) is 2. The van der Waals surface area contributed by atoms with Crippen LogP contribution in [0.3, 0.4) is 0 Å². The Bertz CT molecular complexity index is 693. The quantitative estimate of drug-likeness (QED) is 0.572. The van der Waals surface area contributed by atoms with Gasteiger partial charge in [0.1, 0.15) is 17.3 Å². The van der Waals surface area contributed by atoms with Crippen molar-refractivity contribution in [1.29, 1.82) is 0 Å². The summed E-state index contributed by atoms with van der Waals surface area (Å²) in [7, 11) is 0. The topological polar surface area (TPSA) is 57.5 Å². The summed E-state index contributed by atoms with van der Waals surface area (Å²) in [4.78, 5) is 12.5. The van der Waals surface area contributed by atoms with Crippen LogP contribution in [0.15, 0.2) is 12.1 Å². The third-order valence-electron chi connectivity index (χ3n) is 7.58. The van der Waals surface area contributed by atoms with E-state index in [2.05, 4.69) is 34.6 Å². The lowest BCUT2D eigenvalue weighted by molar-refractivity contribution is -0.151. The van der Waals surface area contributed by atoms with Crippen molar-refractivity contribution >= 4 is 5.78 Å². The number of carbonyl (C=O) groups is 1. The molecule has 1 aromatic rings. The van der Waals surface area contributed by atoms with Crippen LogP contribution >= 0.6 is 0 Å². The summed E-state index contributed by atoms with van der Waals surface area (Å²) in [6.07, 6.45) is 7.20. The van der Waals surface area contributed by atoms with E-state index < -0.39 is 0 Å². The molecule has 0 heterocycles. The van der Waals surface area contributed by atoms with Crippen molar-refractivity contribution in [1.82, 2.24) is 0 Å². The first-order valence-corrected chi connectivity index (χ1v) is 10.7. The van der Waals surface area contributed by atoms with Gasteiger partial charge in [-0.05, 0) is 47.3 Å². The molecule has 2 N–H and O–H groups in total. The van der Waals surface area contributed by atoms with Gasteiger partial charge in [0.05, 0.1) is 0 Å². The van der Waals surface area contributed by atoms with Crippen LogP contribution in [-0.4, -0.2) is 16.0 Å². The predicted octanol–water partition coefficient (Wildman–Crippen LogP) is 6.06. The van der Waals surface area contributed by atoms with Crippen LogP contribution in [0.4, 0.5) is 0 Å². The Kier molecular flexibility index (Phi) is 5.35. The van der Waals surface area contributed by atoms with Crippen molar-refractivity contribution in [2.24, 2.45) is 17.3 Å². The van der Waals surface area contributed by atoms with Gasteiger partial charge in [-0.25, -0.2) is 0 Å². The standard InChI is InChI=1S/C24H36O3/c1-6-7-8-9-10-23(2,3)15-11-20(26)22(21(27)12-15)16-13-19(25)18-14-17(16)24(18,4)5/h11-12,16-18,26-27H,6-10,13-14H2,1-5H3/t16?,17-,18+/m1/s1. The number of aromatic hydroxyl groups is 2. The van der Waals surface area contributed by atoms with E-state index in [9.17, 15) is 15.0 Å². The van der Waals surface area contributed by atoms with Crippen LogP contribution in [0.1, 0.15) is 96.6 Å². The number of phenolic OH excluding ortho intramolecular Hbond substituents is 2. The van der Waals surface area contributed by atoms with Crippen molar-refractivity contribution in [3.05, 3.63) is 23.3 Å². The highest BCUT2D eigenvalue weighted by atomic mass is 16.3. The van der Waals surface area contributed by atoms with E-state index in [1.165, 1.54) is 19.3 Å². The van der Waals surface area contributed by atoms with E-state index in [-0.39, 0.29) is 39.9 Å². The van der Waals surface area contributed by atoms with Crippen LogP contribution in [0.2, 0.25) is 0 Å². The predicted molar refractivity (Wildman–Crippen MR) is 109 cm³/mol. The van der Waals surface area contributed by atoms with Gasteiger partial charge in [-0.2, -0.15) is 0 Å². The van der Waals surface area contributed by atoms with E-state index in [1.807, 2.05) is 12.1 Å². The molecular formula is C24H36O3. The van der Waals surface area contributed by atoms with Crippen LogP contribution < -0.4 is 0 Å². The smallest absolute Gasteiger partial charge is 0.137 e. The molecule has 1 aromatic carbocycles. The van der Waals surface area contributed by atoms with Crippen LogP contribution in [0.25, 0.3) is 0 Å². The summed E-state index contributed by atoms with van der Waals surface area (Å²) in [5.41, 5.74) is 1.44. The number of benzene rings is 1. The first-order valence-electron chi connectivity index (χ1n) is 10.7. The van der Waals surface area contributed by atoms with Gasteiger partial charge >= 0.3 is 0 Å². The van der Waals surface area contributed by atoms with E-state index in [0.29, 0.717) is 17.9 Å². The Morgan fingerprint density at radius 1 is 1.11 bits per heavy atom. The van der Waals surface area contributed by atoms with Crippen molar-refractivity contribution in [3.8, 4) is 11.5 Å². The van der Waals surface area contributed by atoms with E-state index in [4.69, 9.17) is 0 Å². The highest BCUT2D eigenvalue weighted by Gasteiger charge is 2.59. The lowest BCUT2D eigenvalue weighted by Gasteiger charge is -2.59. The lowest BCUT2D eigenvalue weighted by Crippen LogP contribution is -2.56. The van der Waals surface area contributed by atoms with Gasteiger partial charge in [-0.3, -0.25) is 4.79 Å². The van der Waals surface area contributed by atoms with Crippen molar-refractivity contribution in [2.45, 2.75) is 90.9 Å². The largest absolute Gasteiger partial charge is 0.508 e. The SMILES string of the molecule is CCCCCCC(C)(C)c1cc(O)c(C2CC(=O)[C@@H]3C[C@H]2C3(C)C)c(O)c1. The maximum atomic E-state index is 12.5. The van der Waals surface area contributed by atoms with Gasteiger partial charge in [0.25, 0.3) is 0 Å². The van der Waals surface area contributed by atoms with Crippen LogP contribution in [0, 0.1) is 17.3 Å². The molecule has 3 aliphatic carbocycles. The number of Topliss-reactive ketones (excluding diaryl/α,β-unsaturated/α-hetero) is 1. The van der Waals surface area contributed by atoms with E-state index in [1.54, 1.807) is 0 Å². The molecule has 2 bridgehead atoms. The minimum Gasteiger partial charge on any atom is -0.508 e. The molecule has 4 rings (SSSR count). The Morgan fingerprint density at radius 2 is 1.74 bits per heavy atom. The molecule has 3 fully saturated rings. The molecule has 1 unspecified atom stereocenters. The molecular weight excluding hydrogens is 336 g/mol. The molecule has 0 aromatic heterocycles. The van der Waals surface area contributed by atoms with Crippen LogP contribution in [-0.2, 0) is 10.2 Å². The number of unbranched alkanes of at least 4 members (excludes halogenated alkanes) is 3. The zero-order valence-electron chi connectivity index (χ0n) is 17.6. The maximum Gasteiger partial charge on any atom is 0.137 e. The highest BCUT2D eigenvalue weighted by Crippen LogP contribution is 2.64. The number of fused-ring (bicyclic) bond motifs is 2. The molecule has 3 nitrogen and oxygen atoms in total. The summed E-state index contributed by atoms with van der Waals surface area (Å²) >= 11 is 0. The first-order chi connectivity index (χ1) is 12.6. The molecule has 3 aliphatic rings. The fourth-order valence-corrected chi connectivity index (χ4v) is 5.52. The summed E-state index contributed by atoms with van der Waals surface area (Å²) in [6, 6.07) is 3.66. The number of ketones is 1. The third kappa shape index (κ3) is 3.50. The highest BCUT2D eigenvalue weighted by molar-refractivity contribution is 5.86. The maximum absolute atomic E-state index is 12.5. The van der Waals surface area contributed by atoms with Gasteiger partial charge in [-0.15, -0.1) is 0 Å². The van der Waals surface area contributed by atoms with E-state index >= 15 is 0 Å². The molecule has 0 saturated heterocycles. The van der Waals surface area contributed by atoms with Gasteiger partial charge in [0.15, 0.2) is 0 Å². The van der Waals surface area contributed by atoms with Gasteiger partial charge in [0, 0.05) is 23.8 Å². The molecule has 3 atom stereocenters. The Hall–Kier alpha value is -1.51. The first kappa shape index (κ1) is 20.2. The average molecular weight is 373 g/mol. The number of hydrogen-bond acceptors (Lipinski definition) is 3. The number of rotatable bonds is 7. The normalized spacial score (nSPS) is 26.7. The zero-order valence-corrected chi connectivity index (χ0v) is 17.6. The Morgan fingerprint density at radius 3 is 2.26 bits per heavy atom. The number of phenols is 2. The molecule has 0 radical (unpaired) electrons. The molecule has 0 aliphatic heterocycles. The minimum absolute atomic E-state index is 0.0316. The summed E-state index contributed by atoms with van der Waals surface area (Å²) < 4.78 is 0. The average Bonchev–Trinajstić information content (AvgIpc) is 2.57. The second-order valence-electron chi connectivity index (χ2n) is 10.1. The second-order valence-corrected chi connectivity index (χ2v) is 10.1. The summed E-state index contributed by atoms with van der Waals surface area (Å²) in [5, 5.41) is 21.6. The second kappa shape index (κ2) is 7.14. The van der Waals surface area contributed by atoms with Crippen molar-refractivity contribution in [3.63, 3.8) is 0 Å². The fraction of sp³-hybridized carbons (Fsp3) is 0.708. The minimum atomic E-state index is -0.0928. The van der Waals surface area contributed by atoms with Crippen LogP contribution in [0.5, 0.6) is 11.5 Å². The Labute approximate surface area is 164 Å². The van der Waals surface area contributed by atoms with Gasteiger partial charge in [-0.1, -0.05) is 60.3 Å². The lowest BCUT2D eigenvalue weighted by atomic mass is 9.44. The molecule has 27 heavy (non-hydrogen) atoms. The summed E-state index contributed by atoms with van der Waals surface area (Å²) in [5.74, 6) is 1.04. The molecule has 150 valence electrons. The molecule has 3 heteroatoms. The van der Waals surface area contributed by atoms with Gasteiger partial charge < -0.3 is 10.2 Å². The van der Waals surface area contributed by atoms with E-state index in [0.717, 1.165) is 24.8 Å². The summed E-state index contributed by atoms with van der Waals surface area (Å²) in [6.45, 7) is 10.9.